The van der Waals surface area contributed by atoms with Crippen LogP contribution in [0, 0.1) is 12.3 Å². The Morgan fingerprint density at radius 3 is 1.83 bits per heavy atom. The molecule has 0 aromatic carbocycles. The third kappa shape index (κ3) is 4.12. The van der Waals surface area contributed by atoms with Crippen LogP contribution in [0.3, 0.4) is 0 Å². The van der Waals surface area contributed by atoms with Gasteiger partial charge in [-0.2, -0.15) is 0 Å². The molecule has 1 atom stereocenters. The van der Waals surface area contributed by atoms with Gasteiger partial charge in [0.05, 0.1) is 0 Å². The first-order valence-corrected chi connectivity index (χ1v) is 3.04. The molecule has 0 bridgehead atoms. The SMILES string of the molecule is C#CC(C)(C)[AsH2]. The second-order valence-electron chi connectivity index (χ2n) is 1.87. The van der Waals surface area contributed by atoms with Gasteiger partial charge in [-0.15, -0.1) is 0 Å². The minimum atomic E-state index is 0.132. The van der Waals surface area contributed by atoms with Crippen LogP contribution >= 0.6 is 0 Å². The van der Waals surface area contributed by atoms with Crippen molar-refractivity contribution in [1.29, 1.82) is 0 Å². The third-order valence-corrected chi connectivity index (χ3v) is 0.722. The van der Waals surface area contributed by atoms with Crippen molar-refractivity contribution >= 4 is 16.9 Å². The van der Waals surface area contributed by atoms with Gasteiger partial charge in [-0.05, 0) is 0 Å². The standard InChI is InChI=1S/C5H9As/c1-4-5(2,3)6/h1H,6H2,2-3H3. The summed E-state index contributed by atoms with van der Waals surface area (Å²) in [4.78, 5) is 0. The molecule has 0 fully saturated rings. The van der Waals surface area contributed by atoms with Crippen molar-refractivity contribution in [3.63, 3.8) is 0 Å². The van der Waals surface area contributed by atoms with Crippen LogP contribution in [0.2, 0.25) is 4.20 Å². The maximum absolute atomic E-state index is 5.07. The quantitative estimate of drug-likeness (QED) is 0.342. The minimum absolute atomic E-state index is 0.132. The van der Waals surface area contributed by atoms with Crippen molar-refractivity contribution in [2.24, 2.45) is 0 Å². The summed E-state index contributed by atoms with van der Waals surface area (Å²) in [7, 11) is 0. The molecule has 0 nitrogen and oxygen atoms in total. The molecule has 1 heteroatoms. The van der Waals surface area contributed by atoms with Crippen molar-refractivity contribution in [2.45, 2.75) is 18.1 Å². The average molecular weight is 144 g/mol. The van der Waals surface area contributed by atoms with E-state index in [1.165, 1.54) is 0 Å². The van der Waals surface area contributed by atoms with Gasteiger partial charge in [0.15, 0.2) is 0 Å². The van der Waals surface area contributed by atoms with Crippen molar-refractivity contribution in [2.75, 3.05) is 0 Å². The fraction of sp³-hybridized carbons (Fsp3) is 0.600. The number of hydrogen-bond acceptors (Lipinski definition) is 0. The van der Waals surface area contributed by atoms with E-state index in [1.54, 1.807) is 16.9 Å². The van der Waals surface area contributed by atoms with Crippen molar-refractivity contribution < 1.29 is 0 Å². The molecule has 0 heterocycles. The van der Waals surface area contributed by atoms with E-state index >= 15 is 0 Å². The van der Waals surface area contributed by atoms with Gasteiger partial charge in [0.25, 0.3) is 0 Å². The normalized spacial score (nSPS) is 10.3. The zero-order valence-electron chi connectivity index (χ0n) is 4.15. The maximum atomic E-state index is 5.07. The summed E-state index contributed by atoms with van der Waals surface area (Å²) in [6, 6.07) is 0. The van der Waals surface area contributed by atoms with Crippen molar-refractivity contribution in [1.82, 2.24) is 0 Å². The Morgan fingerprint density at radius 2 is 1.83 bits per heavy atom. The van der Waals surface area contributed by atoms with Gasteiger partial charge in [0.1, 0.15) is 0 Å². The van der Waals surface area contributed by atoms with E-state index in [0.717, 1.165) is 0 Å². The molecule has 0 rings (SSSR count). The van der Waals surface area contributed by atoms with E-state index < -0.39 is 0 Å². The Bertz CT molecular complexity index is 70.9. The molecule has 0 saturated carbocycles. The molecule has 0 aliphatic rings. The monoisotopic (exact) mass is 144 g/mol. The van der Waals surface area contributed by atoms with Crippen LogP contribution in [0.25, 0.3) is 0 Å². The van der Waals surface area contributed by atoms with Crippen LogP contribution in [-0.4, -0.2) is 16.9 Å². The summed E-state index contributed by atoms with van der Waals surface area (Å²) in [6.45, 7) is 4.07. The molecule has 34 valence electrons. The summed E-state index contributed by atoms with van der Waals surface area (Å²) in [6.07, 6.45) is 5.07. The Hall–Kier alpha value is 0.118. The first-order chi connectivity index (χ1) is 2.56. The fourth-order valence-corrected chi connectivity index (χ4v) is 0. The molecule has 0 aromatic rings. The van der Waals surface area contributed by atoms with Crippen LogP contribution < -0.4 is 0 Å². The second kappa shape index (κ2) is 1.71. The zero-order valence-corrected chi connectivity index (χ0v) is 6.58. The second-order valence-corrected chi connectivity index (χ2v) is 4.89. The third-order valence-electron chi connectivity index (χ3n) is 0.372. The van der Waals surface area contributed by atoms with Crippen molar-refractivity contribution in [3.05, 3.63) is 0 Å². The first-order valence-electron chi connectivity index (χ1n) is 1.83. The van der Waals surface area contributed by atoms with Crippen LogP contribution in [0.4, 0.5) is 0 Å². The van der Waals surface area contributed by atoms with E-state index in [9.17, 15) is 0 Å². The van der Waals surface area contributed by atoms with Crippen LogP contribution in [0.15, 0.2) is 0 Å². The van der Waals surface area contributed by atoms with E-state index in [-0.39, 0.29) is 4.20 Å². The molecule has 0 aromatic heterocycles. The van der Waals surface area contributed by atoms with E-state index in [2.05, 4.69) is 5.92 Å². The summed E-state index contributed by atoms with van der Waals surface area (Å²) in [5, 5.41) is 0. The number of hydrogen-bond donors (Lipinski definition) is 0. The van der Waals surface area contributed by atoms with E-state index in [1.807, 2.05) is 13.8 Å². The van der Waals surface area contributed by atoms with E-state index in [4.69, 9.17) is 6.42 Å². The molecular formula is C5H9As. The van der Waals surface area contributed by atoms with Gasteiger partial charge in [0, 0.05) is 0 Å². The van der Waals surface area contributed by atoms with Gasteiger partial charge >= 0.3 is 47.2 Å². The van der Waals surface area contributed by atoms with Crippen LogP contribution in [0.1, 0.15) is 13.8 Å². The molecule has 0 N–H and O–H groups in total. The Balaban J connectivity index is 3.55. The molecule has 0 amide bonds. The summed E-state index contributed by atoms with van der Waals surface area (Å²) in [5.74, 6) is 2.63. The molecule has 6 heavy (non-hydrogen) atoms. The van der Waals surface area contributed by atoms with Gasteiger partial charge < -0.3 is 0 Å². The van der Waals surface area contributed by atoms with Gasteiger partial charge in [-0.1, -0.05) is 0 Å². The van der Waals surface area contributed by atoms with Crippen molar-refractivity contribution in [3.8, 4) is 12.3 Å². The van der Waals surface area contributed by atoms with Gasteiger partial charge in [-0.3, -0.25) is 0 Å². The molecule has 0 aliphatic heterocycles. The molecule has 0 saturated heterocycles. The predicted octanol–water partition coefficient (Wildman–Crippen LogP) is 0.451. The summed E-state index contributed by atoms with van der Waals surface area (Å²) in [5.41, 5.74) is 0. The topological polar surface area (TPSA) is 0 Å². The molecule has 0 aliphatic carbocycles. The average Bonchev–Trinajstić information content (AvgIpc) is 1.35. The van der Waals surface area contributed by atoms with Crippen LogP contribution in [0.5, 0.6) is 0 Å². The zero-order chi connectivity index (χ0) is 5.21. The van der Waals surface area contributed by atoms with Gasteiger partial charge in [0.2, 0.25) is 0 Å². The number of rotatable bonds is 0. The predicted molar refractivity (Wildman–Crippen MR) is 31.4 cm³/mol. The number of terminal acetylenes is 1. The molecule has 0 spiro atoms. The van der Waals surface area contributed by atoms with E-state index in [0.29, 0.717) is 0 Å². The summed E-state index contributed by atoms with van der Waals surface area (Å²) < 4.78 is 0.132. The molecule has 0 radical (unpaired) electrons. The Labute approximate surface area is 47.8 Å². The Morgan fingerprint density at radius 1 is 1.67 bits per heavy atom. The van der Waals surface area contributed by atoms with Gasteiger partial charge in [-0.25, -0.2) is 0 Å². The Kier molecular flexibility index (Phi) is 1.75. The van der Waals surface area contributed by atoms with Crippen LogP contribution in [-0.2, 0) is 0 Å². The molecular weight excluding hydrogens is 135 g/mol. The fourth-order valence-electron chi connectivity index (χ4n) is 0. The summed E-state index contributed by atoms with van der Waals surface area (Å²) >= 11 is 1.60. The first kappa shape index (κ1) is 6.12. The molecule has 1 unspecified atom stereocenters.